The number of nitrogens with one attached hydrogen (secondary N) is 1. The molecule has 0 fully saturated rings. The summed E-state index contributed by atoms with van der Waals surface area (Å²) >= 11 is 0. The minimum absolute atomic E-state index is 0.205. The van der Waals surface area contributed by atoms with Gasteiger partial charge in [-0.2, -0.15) is 4.98 Å². The molecule has 0 aliphatic heterocycles. The van der Waals surface area contributed by atoms with Crippen molar-refractivity contribution in [2.24, 2.45) is 5.73 Å². The van der Waals surface area contributed by atoms with Gasteiger partial charge in [-0.05, 0) is 13.3 Å². The lowest BCUT2D eigenvalue weighted by Gasteiger charge is -2.15. The van der Waals surface area contributed by atoms with Crippen LogP contribution in [0.1, 0.15) is 19.0 Å². The third-order valence-electron chi connectivity index (χ3n) is 2.15. The lowest BCUT2D eigenvalue weighted by Crippen LogP contribution is -2.28. The number of nitrogens with zero attached hydrogens (tertiary/aromatic N) is 2. The number of aryl methyl sites for hydroxylation is 1. The highest BCUT2D eigenvalue weighted by molar-refractivity contribution is 5.31. The molecule has 5 nitrogen and oxygen atoms in total. The molecule has 0 bridgehead atoms. The number of aromatic nitrogens is 2. The molecule has 3 N–H and O–H groups in total. The molecule has 5 heteroatoms. The number of hydrogen-bond acceptors (Lipinski definition) is 5. The first-order chi connectivity index (χ1) is 7.19. The molecule has 0 saturated carbocycles. The average Bonchev–Trinajstić information content (AvgIpc) is 2.25. The highest BCUT2D eigenvalue weighted by Gasteiger charge is 2.07. The Morgan fingerprint density at radius 1 is 1.53 bits per heavy atom. The van der Waals surface area contributed by atoms with E-state index in [1.165, 1.54) is 0 Å². The molecule has 0 radical (unpaired) electrons. The summed E-state index contributed by atoms with van der Waals surface area (Å²) in [5.74, 6) is 1.14. The summed E-state index contributed by atoms with van der Waals surface area (Å²) in [6.07, 6.45) is 0.941. The number of methoxy groups -OCH3 is 1. The third kappa shape index (κ3) is 3.36. The smallest absolute Gasteiger partial charge is 0.226 e. The highest BCUT2D eigenvalue weighted by Crippen LogP contribution is 2.12. The van der Waals surface area contributed by atoms with Crippen LogP contribution in [-0.2, 0) is 0 Å². The summed E-state index contributed by atoms with van der Waals surface area (Å²) in [4.78, 5) is 8.45. The van der Waals surface area contributed by atoms with Crippen molar-refractivity contribution in [1.82, 2.24) is 9.97 Å². The second-order valence-electron chi connectivity index (χ2n) is 3.36. The molecule has 1 unspecified atom stereocenters. The summed E-state index contributed by atoms with van der Waals surface area (Å²) in [7, 11) is 1.59. The van der Waals surface area contributed by atoms with Gasteiger partial charge in [0, 0.05) is 24.3 Å². The van der Waals surface area contributed by atoms with Crippen LogP contribution < -0.4 is 15.8 Å². The van der Waals surface area contributed by atoms with Gasteiger partial charge in [-0.15, -0.1) is 0 Å². The molecule has 1 atom stereocenters. The van der Waals surface area contributed by atoms with Gasteiger partial charge in [0.15, 0.2) is 0 Å². The molecular weight excluding hydrogens is 192 g/mol. The second kappa shape index (κ2) is 5.50. The molecular formula is C10H18N4O. The van der Waals surface area contributed by atoms with Crippen molar-refractivity contribution in [3.63, 3.8) is 0 Å². The molecule has 1 heterocycles. The molecule has 15 heavy (non-hydrogen) atoms. The van der Waals surface area contributed by atoms with Gasteiger partial charge in [0.1, 0.15) is 0 Å². The quantitative estimate of drug-likeness (QED) is 0.756. The Hall–Kier alpha value is -1.36. The number of hydrogen-bond donors (Lipinski definition) is 2. The van der Waals surface area contributed by atoms with E-state index in [2.05, 4.69) is 22.2 Å². The Balaban J connectivity index is 2.79. The summed E-state index contributed by atoms with van der Waals surface area (Å²) in [6, 6.07) is 1.99. The fourth-order valence-electron chi connectivity index (χ4n) is 1.22. The molecule has 0 aliphatic carbocycles. The first-order valence-electron chi connectivity index (χ1n) is 5.05. The molecule has 1 rings (SSSR count). The number of ether oxygens (including phenoxy) is 1. The standard InChI is InChI=1S/C10H18N4O/c1-4-8(6-11)13-10-12-7(2)5-9(14-10)15-3/h5,8H,4,6,11H2,1-3H3,(H,12,13,14). The van der Waals surface area contributed by atoms with Crippen molar-refractivity contribution >= 4 is 5.95 Å². The Morgan fingerprint density at radius 2 is 2.27 bits per heavy atom. The van der Waals surface area contributed by atoms with Gasteiger partial charge < -0.3 is 15.8 Å². The van der Waals surface area contributed by atoms with Gasteiger partial charge in [-0.25, -0.2) is 4.98 Å². The van der Waals surface area contributed by atoms with E-state index < -0.39 is 0 Å². The van der Waals surface area contributed by atoms with Crippen molar-refractivity contribution in [3.8, 4) is 5.88 Å². The second-order valence-corrected chi connectivity index (χ2v) is 3.36. The molecule has 1 aromatic rings. The van der Waals surface area contributed by atoms with Crippen LogP contribution in [-0.4, -0.2) is 29.7 Å². The third-order valence-corrected chi connectivity index (χ3v) is 2.15. The maximum atomic E-state index is 5.59. The van der Waals surface area contributed by atoms with Crippen LogP contribution in [0.3, 0.4) is 0 Å². The van der Waals surface area contributed by atoms with E-state index in [1.54, 1.807) is 13.2 Å². The number of nitrogens with two attached hydrogens (primary N) is 1. The molecule has 0 saturated heterocycles. The van der Waals surface area contributed by atoms with Crippen LogP contribution in [0.15, 0.2) is 6.07 Å². The zero-order valence-corrected chi connectivity index (χ0v) is 9.45. The predicted molar refractivity (Wildman–Crippen MR) is 60.1 cm³/mol. The fourth-order valence-corrected chi connectivity index (χ4v) is 1.22. The van der Waals surface area contributed by atoms with E-state index in [1.807, 2.05) is 6.92 Å². The summed E-state index contributed by atoms with van der Waals surface area (Å²) < 4.78 is 5.06. The van der Waals surface area contributed by atoms with Gasteiger partial charge in [-0.3, -0.25) is 0 Å². The van der Waals surface area contributed by atoms with E-state index in [0.717, 1.165) is 12.1 Å². The van der Waals surface area contributed by atoms with Crippen LogP contribution in [0.2, 0.25) is 0 Å². The first kappa shape index (κ1) is 11.7. The Morgan fingerprint density at radius 3 is 2.80 bits per heavy atom. The van der Waals surface area contributed by atoms with Crippen molar-refractivity contribution in [2.45, 2.75) is 26.3 Å². The monoisotopic (exact) mass is 210 g/mol. The zero-order chi connectivity index (χ0) is 11.3. The molecule has 0 amide bonds. The maximum Gasteiger partial charge on any atom is 0.226 e. The van der Waals surface area contributed by atoms with Gasteiger partial charge in [0.2, 0.25) is 11.8 Å². The van der Waals surface area contributed by atoms with Gasteiger partial charge >= 0.3 is 0 Å². The summed E-state index contributed by atoms with van der Waals surface area (Å²) in [6.45, 7) is 4.53. The first-order valence-corrected chi connectivity index (χ1v) is 5.05. The molecule has 0 aromatic carbocycles. The lowest BCUT2D eigenvalue weighted by molar-refractivity contribution is 0.396. The maximum absolute atomic E-state index is 5.59. The summed E-state index contributed by atoms with van der Waals surface area (Å²) in [5, 5.41) is 3.17. The topological polar surface area (TPSA) is 73.1 Å². The molecule has 0 aliphatic rings. The van der Waals surface area contributed by atoms with Crippen molar-refractivity contribution < 1.29 is 4.74 Å². The normalized spacial score (nSPS) is 12.3. The van der Waals surface area contributed by atoms with Crippen molar-refractivity contribution in [3.05, 3.63) is 11.8 Å². The van der Waals surface area contributed by atoms with E-state index >= 15 is 0 Å². The van der Waals surface area contributed by atoms with Crippen molar-refractivity contribution in [2.75, 3.05) is 19.0 Å². The largest absolute Gasteiger partial charge is 0.481 e. The van der Waals surface area contributed by atoms with Crippen molar-refractivity contribution in [1.29, 1.82) is 0 Å². The minimum Gasteiger partial charge on any atom is -0.481 e. The lowest BCUT2D eigenvalue weighted by atomic mass is 10.2. The Kier molecular flexibility index (Phi) is 4.30. The minimum atomic E-state index is 0.205. The molecule has 1 aromatic heterocycles. The Labute approximate surface area is 90.1 Å². The van der Waals surface area contributed by atoms with Crippen LogP contribution >= 0.6 is 0 Å². The predicted octanol–water partition coefficient (Wildman–Crippen LogP) is 0.943. The van der Waals surface area contributed by atoms with Gasteiger partial charge in [0.25, 0.3) is 0 Å². The van der Waals surface area contributed by atoms with Crippen LogP contribution in [0.25, 0.3) is 0 Å². The summed E-state index contributed by atoms with van der Waals surface area (Å²) in [5.41, 5.74) is 6.46. The Bertz CT molecular complexity index is 312. The number of rotatable bonds is 5. The molecule has 0 spiro atoms. The highest BCUT2D eigenvalue weighted by atomic mass is 16.5. The van der Waals surface area contributed by atoms with E-state index in [4.69, 9.17) is 10.5 Å². The van der Waals surface area contributed by atoms with Crippen LogP contribution in [0.5, 0.6) is 5.88 Å². The SMILES string of the molecule is CCC(CN)Nc1nc(C)cc(OC)n1. The zero-order valence-electron chi connectivity index (χ0n) is 9.45. The fraction of sp³-hybridized carbons (Fsp3) is 0.600. The van der Waals surface area contributed by atoms with Gasteiger partial charge in [0.05, 0.1) is 7.11 Å². The van der Waals surface area contributed by atoms with E-state index in [-0.39, 0.29) is 6.04 Å². The van der Waals surface area contributed by atoms with Crippen LogP contribution in [0.4, 0.5) is 5.95 Å². The van der Waals surface area contributed by atoms with E-state index in [9.17, 15) is 0 Å². The molecule has 84 valence electrons. The van der Waals surface area contributed by atoms with E-state index in [0.29, 0.717) is 18.4 Å². The number of anilines is 1. The van der Waals surface area contributed by atoms with Gasteiger partial charge in [-0.1, -0.05) is 6.92 Å². The van der Waals surface area contributed by atoms with Crippen LogP contribution in [0, 0.1) is 6.92 Å². The average molecular weight is 210 g/mol.